The molecule has 0 spiro atoms. The largest absolute Gasteiger partial charge is 0.399 e. The SMILES string of the molecule is CCN(CC)C(=O)C1=C(C)N=C2SCCCN2[C@@H]1c1ccc(N)cc1. The van der Waals surface area contributed by atoms with Gasteiger partial charge in [-0.2, -0.15) is 0 Å². The predicted molar refractivity (Wildman–Crippen MR) is 105 cm³/mol. The van der Waals surface area contributed by atoms with Crippen molar-refractivity contribution in [1.29, 1.82) is 0 Å². The number of carbonyl (C=O) groups excluding carboxylic acids is 1. The Bertz CT molecular complexity index is 707. The lowest BCUT2D eigenvalue weighted by Crippen LogP contribution is -2.45. The zero-order valence-corrected chi connectivity index (χ0v) is 16.0. The molecule has 134 valence electrons. The molecule has 2 aliphatic heterocycles. The van der Waals surface area contributed by atoms with Crippen LogP contribution in [0.2, 0.25) is 0 Å². The molecule has 0 bridgehead atoms. The van der Waals surface area contributed by atoms with Gasteiger partial charge in [0.1, 0.15) is 0 Å². The molecule has 1 aromatic rings. The number of aliphatic imine (C=N–C) groups is 1. The molecule has 0 radical (unpaired) electrons. The molecule has 1 aromatic carbocycles. The van der Waals surface area contributed by atoms with Gasteiger partial charge in [-0.1, -0.05) is 23.9 Å². The van der Waals surface area contributed by atoms with Crippen LogP contribution in [0.5, 0.6) is 0 Å². The van der Waals surface area contributed by atoms with Gasteiger partial charge in [-0.15, -0.1) is 0 Å². The Hall–Kier alpha value is -1.95. The number of rotatable bonds is 4. The van der Waals surface area contributed by atoms with Crippen LogP contribution >= 0.6 is 11.8 Å². The smallest absolute Gasteiger partial charge is 0.254 e. The Morgan fingerprint density at radius 1 is 1.32 bits per heavy atom. The standard InChI is InChI=1S/C19H26N4OS/c1-4-22(5-2)18(24)16-13(3)21-19-23(11-6-12-25-19)17(16)14-7-9-15(20)10-8-14/h7-10,17H,4-6,11-12,20H2,1-3H3/t17-/m1/s1. The molecule has 2 aliphatic rings. The van der Waals surface area contributed by atoms with Gasteiger partial charge in [0, 0.05) is 31.1 Å². The van der Waals surface area contributed by atoms with E-state index in [9.17, 15) is 4.79 Å². The van der Waals surface area contributed by atoms with Crippen LogP contribution in [0.25, 0.3) is 0 Å². The van der Waals surface area contributed by atoms with Crippen molar-refractivity contribution in [2.75, 3.05) is 31.1 Å². The fraction of sp³-hybridized carbons (Fsp3) is 0.474. The number of nitrogens with two attached hydrogens (primary N) is 1. The van der Waals surface area contributed by atoms with Gasteiger partial charge in [0.15, 0.2) is 5.17 Å². The van der Waals surface area contributed by atoms with Gasteiger partial charge < -0.3 is 15.5 Å². The number of fused-ring (bicyclic) bond motifs is 1. The number of anilines is 1. The zero-order valence-electron chi connectivity index (χ0n) is 15.2. The number of carbonyl (C=O) groups is 1. The first-order chi connectivity index (χ1) is 12.1. The van der Waals surface area contributed by atoms with E-state index in [1.165, 1.54) is 0 Å². The van der Waals surface area contributed by atoms with E-state index in [1.54, 1.807) is 11.8 Å². The van der Waals surface area contributed by atoms with Crippen LogP contribution in [-0.4, -0.2) is 46.3 Å². The summed E-state index contributed by atoms with van der Waals surface area (Å²) >= 11 is 1.78. The predicted octanol–water partition coefficient (Wildman–Crippen LogP) is 3.26. The number of amidine groups is 1. The summed E-state index contributed by atoms with van der Waals surface area (Å²) in [5, 5.41) is 1.03. The van der Waals surface area contributed by atoms with E-state index in [2.05, 4.69) is 4.90 Å². The van der Waals surface area contributed by atoms with Gasteiger partial charge in [0.05, 0.1) is 17.3 Å². The Kier molecular flexibility index (Phi) is 5.37. The van der Waals surface area contributed by atoms with Crippen LogP contribution in [0.15, 0.2) is 40.5 Å². The van der Waals surface area contributed by atoms with Gasteiger partial charge in [-0.3, -0.25) is 4.79 Å². The summed E-state index contributed by atoms with van der Waals surface area (Å²) in [6, 6.07) is 7.80. The summed E-state index contributed by atoms with van der Waals surface area (Å²) < 4.78 is 0. The van der Waals surface area contributed by atoms with E-state index >= 15 is 0 Å². The van der Waals surface area contributed by atoms with Crippen molar-refractivity contribution in [2.24, 2.45) is 4.99 Å². The van der Waals surface area contributed by atoms with Crippen LogP contribution in [0.3, 0.4) is 0 Å². The number of allylic oxidation sites excluding steroid dienone is 1. The van der Waals surface area contributed by atoms with E-state index in [0.717, 1.165) is 46.4 Å². The first kappa shape index (κ1) is 17.9. The first-order valence-corrected chi connectivity index (χ1v) is 9.89. The van der Waals surface area contributed by atoms with Crippen LogP contribution in [0.4, 0.5) is 5.69 Å². The molecule has 0 aromatic heterocycles. The highest BCUT2D eigenvalue weighted by atomic mass is 32.2. The maximum Gasteiger partial charge on any atom is 0.254 e. The quantitative estimate of drug-likeness (QED) is 0.839. The maximum absolute atomic E-state index is 13.2. The monoisotopic (exact) mass is 358 g/mol. The summed E-state index contributed by atoms with van der Waals surface area (Å²) in [7, 11) is 0. The lowest BCUT2D eigenvalue weighted by molar-refractivity contribution is -0.127. The number of hydrogen-bond donors (Lipinski definition) is 1. The minimum absolute atomic E-state index is 0.0858. The molecule has 1 amide bonds. The second-order valence-electron chi connectivity index (χ2n) is 6.34. The van der Waals surface area contributed by atoms with Crippen LogP contribution < -0.4 is 5.73 Å². The number of hydrogen-bond acceptors (Lipinski definition) is 5. The van der Waals surface area contributed by atoms with Crippen molar-refractivity contribution in [3.05, 3.63) is 41.1 Å². The third-order valence-corrected chi connectivity index (χ3v) is 5.87. The Balaban J connectivity index is 2.10. The fourth-order valence-corrected chi connectivity index (χ4v) is 4.47. The van der Waals surface area contributed by atoms with E-state index in [0.29, 0.717) is 13.1 Å². The molecule has 6 heteroatoms. The Morgan fingerprint density at radius 3 is 2.64 bits per heavy atom. The highest BCUT2D eigenvalue weighted by Gasteiger charge is 2.38. The van der Waals surface area contributed by atoms with Crippen molar-refractivity contribution in [1.82, 2.24) is 9.80 Å². The van der Waals surface area contributed by atoms with Gasteiger partial charge in [0.2, 0.25) is 0 Å². The molecule has 1 fully saturated rings. The molecule has 1 atom stereocenters. The molecule has 25 heavy (non-hydrogen) atoms. The molecule has 0 saturated carbocycles. The number of nitrogens with zero attached hydrogens (tertiary/aromatic N) is 3. The second-order valence-corrected chi connectivity index (χ2v) is 7.40. The molecular formula is C19H26N4OS. The van der Waals surface area contributed by atoms with Gasteiger partial charge in [-0.25, -0.2) is 4.99 Å². The van der Waals surface area contributed by atoms with Crippen molar-refractivity contribution in [3.63, 3.8) is 0 Å². The summed E-state index contributed by atoms with van der Waals surface area (Å²) in [5.41, 5.74) is 9.33. The lowest BCUT2D eigenvalue weighted by Gasteiger charge is -2.41. The van der Waals surface area contributed by atoms with Crippen LogP contribution in [0, 0.1) is 0 Å². The van der Waals surface area contributed by atoms with Gasteiger partial charge in [-0.05, 0) is 44.9 Å². The zero-order chi connectivity index (χ0) is 18.0. The molecule has 2 heterocycles. The van der Waals surface area contributed by atoms with Gasteiger partial charge in [0.25, 0.3) is 5.91 Å². The van der Waals surface area contributed by atoms with Gasteiger partial charge >= 0.3 is 0 Å². The number of nitrogen functional groups attached to an aromatic ring is 1. The normalized spacial score (nSPS) is 20.2. The fourth-order valence-electron chi connectivity index (χ4n) is 3.45. The Morgan fingerprint density at radius 2 is 2.00 bits per heavy atom. The molecule has 1 saturated heterocycles. The molecule has 0 aliphatic carbocycles. The average Bonchev–Trinajstić information content (AvgIpc) is 2.62. The number of benzene rings is 1. The third kappa shape index (κ3) is 3.40. The van der Waals surface area contributed by atoms with Crippen LogP contribution in [-0.2, 0) is 4.79 Å². The summed E-state index contributed by atoms with van der Waals surface area (Å²) in [4.78, 5) is 22.2. The summed E-state index contributed by atoms with van der Waals surface area (Å²) in [6.07, 6.45) is 1.10. The summed E-state index contributed by atoms with van der Waals surface area (Å²) in [6.45, 7) is 8.31. The minimum atomic E-state index is -0.0889. The van der Waals surface area contributed by atoms with E-state index in [4.69, 9.17) is 10.7 Å². The molecule has 0 unspecified atom stereocenters. The molecule has 2 N–H and O–H groups in total. The maximum atomic E-state index is 13.2. The van der Waals surface area contributed by atoms with Crippen molar-refractivity contribution in [3.8, 4) is 0 Å². The minimum Gasteiger partial charge on any atom is -0.399 e. The molecule has 5 nitrogen and oxygen atoms in total. The van der Waals surface area contributed by atoms with E-state index in [-0.39, 0.29) is 11.9 Å². The van der Waals surface area contributed by atoms with Crippen molar-refractivity contribution in [2.45, 2.75) is 33.2 Å². The Labute approximate surface area is 154 Å². The highest BCUT2D eigenvalue weighted by Crippen LogP contribution is 2.40. The summed E-state index contributed by atoms with van der Waals surface area (Å²) in [5.74, 6) is 1.17. The average molecular weight is 359 g/mol. The topological polar surface area (TPSA) is 61.9 Å². The third-order valence-electron chi connectivity index (χ3n) is 4.79. The van der Waals surface area contributed by atoms with Crippen LogP contribution in [0.1, 0.15) is 38.8 Å². The number of thioether (sulfide) groups is 1. The van der Waals surface area contributed by atoms with Crippen molar-refractivity contribution < 1.29 is 4.79 Å². The molecule has 3 rings (SSSR count). The van der Waals surface area contributed by atoms with E-state index < -0.39 is 0 Å². The second kappa shape index (κ2) is 7.52. The van der Waals surface area contributed by atoms with Crippen molar-refractivity contribution >= 4 is 28.5 Å². The first-order valence-electron chi connectivity index (χ1n) is 8.90. The highest BCUT2D eigenvalue weighted by molar-refractivity contribution is 8.13. The lowest BCUT2D eigenvalue weighted by atomic mass is 9.93. The number of likely N-dealkylation sites (N-methyl/N-ethyl adjacent to an activating group) is 1. The number of amides is 1. The molecular weight excluding hydrogens is 332 g/mol. The van der Waals surface area contributed by atoms with E-state index in [1.807, 2.05) is 49.9 Å².